The third-order valence-corrected chi connectivity index (χ3v) is 4.36. The maximum atomic E-state index is 13.7. The summed E-state index contributed by atoms with van der Waals surface area (Å²) in [6.07, 6.45) is -4.54. The third-order valence-electron chi connectivity index (χ3n) is 4.02. The summed E-state index contributed by atoms with van der Waals surface area (Å²) in [5.74, 6) is -2.31. The van der Waals surface area contributed by atoms with Crippen LogP contribution in [0.15, 0.2) is 6.07 Å². The van der Waals surface area contributed by atoms with Gasteiger partial charge in [-0.3, -0.25) is 0 Å². The van der Waals surface area contributed by atoms with E-state index in [1.54, 1.807) is 0 Å². The van der Waals surface area contributed by atoms with Gasteiger partial charge in [-0.2, -0.15) is 9.37 Å². The van der Waals surface area contributed by atoms with Crippen LogP contribution in [0.5, 0.6) is 0 Å². The fraction of sp³-hybridized carbons (Fsp3) is 0.429. The second-order valence-corrected chi connectivity index (χ2v) is 5.82. The number of aliphatic hydroxyl groups is 3. The predicted molar refractivity (Wildman–Crippen MR) is 78.3 cm³/mol. The van der Waals surface area contributed by atoms with E-state index in [9.17, 15) is 19.0 Å². The van der Waals surface area contributed by atoms with Crippen molar-refractivity contribution in [2.24, 2.45) is 0 Å². The molecule has 0 aromatic carbocycles. The molecule has 124 valence electrons. The van der Waals surface area contributed by atoms with Crippen LogP contribution in [-0.2, 0) is 4.74 Å². The second kappa shape index (κ2) is 5.84. The fourth-order valence-corrected chi connectivity index (χ4v) is 2.97. The average Bonchev–Trinajstić information content (AvgIpc) is 2.80. The summed E-state index contributed by atoms with van der Waals surface area (Å²) < 4.78 is 32.6. The minimum absolute atomic E-state index is 0.0340. The van der Waals surface area contributed by atoms with Gasteiger partial charge in [0.15, 0.2) is 5.82 Å². The SMILES string of the molecule is Cc1c(F)c(F)nc2[nH]c(=S)c([C@@H]3O[C@H](CO)C(O)C3O)cc12. The number of rotatable bonds is 2. The molecule has 23 heavy (non-hydrogen) atoms. The Morgan fingerprint density at radius 3 is 2.65 bits per heavy atom. The first-order valence-corrected chi connectivity index (χ1v) is 7.27. The Balaban J connectivity index is 2.16. The number of pyridine rings is 2. The lowest BCUT2D eigenvalue weighted by Crippen LogP contribution is -2.32. The maximum absolute atomic E-state index is 13.7. The van der Waals surface area contributed by atoms with Crippen molar-refractivity contribution < 1.29 is 28.8 Å². The van der Waals surface area contributed by atoms with Crippen molar-refractivity contribution in [3.8, 4) is 0 Å². The molecule has 1 saturated heterocycles. The third kappa shape index (κ3) is 2.54. The topological polar surface area (TPSA) is 98.6 Å². The number of halogens is 2. The Hall–Kier alpha value is -1.52. The molecule has 1 aliphatic heterocycles. The molecule has 3 rings (SSSR count). The summed E-state index contributed by atoms with van der Waals surface area (Å²) in [5, 5.41) is 29.3. The highest BCUT2D eigenvalue weighted by atomic mass is 32.1. The zero-order chi connectivity index (χ0) is 16.9. The van der Waals surface area contributed by atoms with Gasteiger partial charge in [0.25, 0.3) is 5.95 Å². The highest BCUT2D eigenvalue weighted by Gasteiger charge is 2.43. The quantitative estimate of drug-likeness (QED) is 0.480. The number of ether oxygens (including phenoxy) is 1. The number of nitrogens with zero attached hydrogens (tertiary/aromatic N) is 1. The Labute approximate surface area is 134 Å². The molecule has 2 aromatic heterocycles. The van der Waals surface area contributed by atoms with E-state index in [0.717, 1.165) is 0 Å². The van der Waals surface area contributed by atoms with E-state index in [-0.39, 0.29) is 21.2 Å². The first-order chi connectivity index (χ1) is 10.8. The van der Waals surface area contributed by atoms with Gasteiger partial charge in [0.2, 0.25) is 0 Å². The van der Waals surface area contributed by atoms with Crippen molar-refractivity contribution in [2.75, 3.05) is 6.61 Å². The molecule has 6 nitrogen and oxygen atoms in total. The van der Waals surface area contributed by atoms with Crippen LogP contribution in [-0.4, -0.2) is 50.2 Å². The van der Waals surface area contributed by atoms with Crippen LogP contribution in [0.1, 0.15) is 17.2 Å². The largest absolute Gasteiger partial charge is 0.394 e. The van der Waals surface area contributed by atoms with Gasteiger partial charge in [-0.05, 0) is 13.0 Å². The Morgan fingerprint density at radius 1 is 1.35 bits per heavy atom. The van der Waals surface area contributed by atoms with Crippen LogP contribution in [0.4, 0.5) is 8.78 Å². The van der Waals surface area contributed by atoms with Crippen molar-refractivity contribution in [1.82, 2.24) is 9.97 Å². The van der Waals surface area contributed by atoms with Gasteiger partial charge >= 0.3 is 0 Å². The molecule has 0 saturated carbocycles. The first kappa shape index (κ1) is 16.3. The van der Waals surface area contributed by atoms with Crippen LogP contribution in [0.3, 0.4) is 0 Å². The number of fused-ring (bicyclic) bond motifs is 1. The van der Waals surface area contributed by atoms with Crippen molar-refractivity contribution in [2.45, 2.75) is 31.3 Å². The van der Waals surface area contributed by atoms with Gasteiger partial charge < -0.3 is 25.0 Å². The van der Waals surface area contributed by atoms with Gasteiger partial charge in [-0.15, -0.1) is 0 Å². The van der Waals surface area contributed by atoms with Crippen molar-refractivity contribution in [1.29, 1.82) is 0 Å². The lowest BCUT2D eigenvalue weighted by atomic mass is 10.0. The van der Waals surface area contributed by atoms with Crippen molar-refractivity contribution >= 4 is 23.3 Å². The Morgan fingerprint density at radius 2 is 2.04 bits per heavy atom. The number of aromatic amines is 1. The molecule has 4 atom stereocenters. The number of nitrogens with one attached hydrogen (secondary N) is 1. The Kier molecular flexibility index (Phi) is 4.15. The molecule has 0 aliphatic carbocycles. The van der Waals surface area contributed by atoms with E-state index < -0.39 is 42.8 Å². The van der Waals surface area contributed by atoms with Crippen LogP contribution >= 0.6 is 12.2 Å². The minimum atomic E-state index is -1.31. The van der Waals surface area contributed by atoms with Crippen LogP contribution in [0.25, 0.3) is 11.0 Å². The van der Waals surface area contributed by atoms with E-state index in [1.165, 1.54) is 13.0 Å². The van der Waals surface area contributed by atoms with E-state index in [4.69, 9.17) is 22.1 Å². The minimum Gasteiger partial charge on any atom is -0.394 e. The van der Waals surface area contributed by atoms with Gasteiger partial charge in [-0.25, -0.2) is 4.39 Å². The van der Waals surface area contributed by atoms with E-state index in [1.807, 2.05) is 0 Å². The molecule has 1 aliphatic rings. The lowest BCUT2D eigenvalue weighted by Gasteiger charge is -2.16. The number of aromatic nitrogens is 2. The zero-order valence-electron chi connectivity index (χ0n) is 12.0. The molecule has 0 radical (unpaired) electrons. The highest BCUT2D eigenvalue weighted by Crippen LogP contribution is 2.35. The predicted octanol–water partition coefficient (Wildman–Crippen LogP) is 1.03. The van der Waals surface area contributed by atoms with Crippen LogP contribution in [0, 0.1) is 23.3 Å². The number of hydrogen-bond acceptors (Lipinski definition) is 6. The number of hydrogen-bond donors (Lipinski definition) is 4. The Bertz CT molecular complexity index is 829. The molecule has 3 heterocycles. The van der Waals surface area contributed by atoms with E-state index >= 15 is 0 Å². The molecule has 1 fully saturated rings. The standard InChI is InChI=1S/C14H14F2N2O4S/c1-4-5-2-6(11-10(21)9(20)7(3-19)22-11)14(23)18-13(5)17-12(16)8(4)15/h2,7,9-11,19-21H,3H2,1H3,(H,17,18,23)/t7-,9?,10?,11+/m1/s1. The van der Waals surface area contributed by atoms with Crippen molar-refractivity contribution in [3.05, 3.63) is 33.6 Å². The van der Waals surface area contributed by atoms with E-state index in [0.29, 0.717) is 5.56 Å². The highest BCUT2D eigenvalue weighted by molar-refractivity contribution is 7.71. The molecule has 4 N–H and O–H groups in total. The molecule has 0 bridgehead atoms. The fourth-order valence-electron chi connectivity index (χ4n) is 2.70. The molecule has 0 amide bonds. The number of aliphatic hydroxyl groups excluding tert-OH is 3. The zero-order valence-corrected chi connectivity index (χ0v) is 12.8. The van der Waals surface area contributed by atoms with Crippen molar-refractivity contribution in [3.63, 3.8) is 0 Å². The van der Waals surface area contributed by atoms with Gasteiger partial charge in [-0.1, -0.05) is 12.2 Å². The molecule has 2 aromatic rings. The smallest absolute Gasteiger partial charge is 0.251 e. The maximum Gasteiger partial charge on any atom is 0.251 e. The van der Waals surface area contributed by atoms with Gasteiger partial charge in [0, 0.05) is 16.5 Å². The summed E-state index contributed by atoms with van der Waals surface area (Å²) in [7, 11) is 0. The van der Waals surface area contributed by atoms with E-state index in [2.05, 4.69) is 9.97 Å². The molecular formula is C14H14F2N2O4S. The summed E-state index contributed by atoms with van der Waals surface area (Å²) in [6, 6.07) is 1.44. The molecular weight excluding hydrogens is 330 g/mol. The summed E-state index contributed by atoms with van der Waals surface area (Å²) >= 11 is 5.15. The first-order valence-electron chi connectivity index (χ1n) is 6.86. The number of aryl methyl sites for hydroxylation is 1. The van der Waals surface area contributed by atoms with Gasteiger partial charge in [0.05, 0.1) is 6.61 Å². The van der Waals surface area contributed by atoms with Crippen LogP contribution < -0.4 is 0 Å². The molecule has 0 spiro atoms. The monoisotopic (exact) mass is 344 g/mol. The average molecular weight is 344 g/mol. The second-order valence-electron chi connectivity index (χ2n) is 5.42. The lowest BCUT2D eigenvalue weighted by molar-refractivity contribution is -0.0229. The summed E-state index contributed by atoms with van der Waals surface area (Å²) in [5.41, 5.74) is 0.402. The summed E-state index contributed by atoms with van der Waals surface area (Å²) in [6.45, 7) is 0.916. The number of H-pyrrole nitrogens is 1. The summed E-state index contributed by atoms with van der Waals surface area (Å²) in [4.78, 5) is 6.15. The molecule has 9 heteroatoms. The molecule has 2 unspecified atom stereocenters. The van der Waals surface area contributed by atoms with Gasteiger partial charge in [0.1, 0.15) is 34.7 Å². The van der Waals surface area contributed by atoms with Crippen LogP contribution in [0.2, 0.25) is 0 Å². The normalized spacial score (nSPS) is 27.7.